The van der Waals surface area contributed by atoms with Crippen molar-refractivity contribution in [3.8, 4) is 0 Å². The van der Waals surface area contributed by atoms with E-state index in [1.54, 1.807) is 30.0 Å². The number of nitrogens with one attached hydrogen (secondary N) is 2. The molecule has 8 nitrogen and oxygen atoms in total. The summed E-state index contributed by atoms with van der Waals surface area (Å²) in [6, 6.07) is 4.06. The molecule has 2 N–H and O–H groups in total. The zero-order valence-electron chi connectivity index (χ0n) is 21.8. The molecule has 1 spiro atoms. The summed E-state index contributed by atoms with van der Waals surface area (Å²) in [6.07, 6.45) is 9.43. The molecule has 3 amide bonds. The van der Waals surface area contributed by atoms with Crippen LogP contribution in [0.2, 0.25) is 10.0 Å². The number of rotatable bonds is 9. The van der Waals surface area contributed by atoms with Gasteiger partial charge in [-0.3, -0.25) is 14.4 Å². The average Bonchev–Trinajstić information content (AvgIpc) is 3.45. The molecule has 5 atom stereocenters. The predicted octanol–water partition coefficient (Wildman–Crippen LogP) is 4.35. The molecule has 3 heterocycles. The van der Waals surface area contributed by atoms with Crippen molar-refractivity contribution >= 4 is 46.6 Å². The van der Waals surface area contributed by atoms with Crippen molar-refractivity contribution in [2.75, 3.05) is 25.1 Å². The van der Waals surface area contributed by atoms with E-state index in [0.29, 0.717) is 41.9 Å². The van der Waals surface area contributed by atoms with Gasteiger partial charge in [0.2, 0.25) is 17.7 Å². The van der Waals surface area contributed by atoms with Crippen LogP contribution in [0, 0.1) is 11.8 Å². The molecule has 0 unspecified atom stereocenters. The Hall–Kier alpha value is -2.13. The van der Waals surface area contributed by atoms with Crippen molar-refractivity contribution in [2.45, 2.75) is 75.7 Å². The second-order valence-corrected chi connectivity index (χ2v) is 11.7. The van der Waals surface area contributed by atoms with Gasteiger partial charge in [0, 0.05) is 31.5 Å². The van der Waals surface area contributed by atoms with Crippen molar-refractivity contribution in [1.29, 1.82) is 0 Å². The van der Waals surface area contributed by atoms with Crippen LogP contribution in [0.4, 0.5) is 5.69 Å². The van der Waals surface area contributed by atoms with Crippen molar-refractivity contribution in [2.24, 2.45) is 11.8 Å². The van der Waals surface area contributed by atoms with Crippen LogP contribution in [-0.4, -0.2) is 65.7 Å². The summed E-state index contributed by atoms with van der Waals surface area (Å²) in [6.45, 7) is 5.12. The number of carbonyl (C=O) groups is 3. The summed E-state index contributed by atoms with van der Waals surface area (Å²) in [4.78, 5) is 43.2. The molecule has 10 heteroatoms. The maximum absolute atomic E-state index is 14.0. The molecule has 3 fully saturated rings. The van der Waals surface area contributed by atoms with E-state index in [4.69, 9.17) is 32.7 Å². The van der Waals surface area contributed by atoms with Gasteiger partial charge in [0.1, 0.15) is 11.6 Å². The third kappa shape index (κ3) is 4.74. The average molecular weight is 565 g/mol. The molecule has 2 saturated heterocycles. The minimum Gasteiger partial charge on any atom is -0.382 e. The third-order valence-electron chi connectivity index (χ3n) is 8.36. The molecule has 206 valence electrons. The smallest absolute Gasteiger partial charge is 0.246 e. The van der Waals surface area contributed by atoms with E-state index in [-0.39, 0.29) is 23.8 Å². The summed E-state index contributed by atoms with van der Waals surface area (Å²) in [7, 11) is 0. The number of benzene rings is 1. The van der Waals surface area contributed by atoms with E-state index >= 15 is 0 Å². The van der Waals surface area contributed by atoms with Crippen molar-refractivity contribution in [3.63, 3.8) is 0 Å². The summed E-state index contributed by atoms with van der Waals surface area (Å²) in [5.74, 6) is -2.47. The van der Waals surface area contributed by atoms with Crippen molar-refractivity contribution < 1.29 is 23.9 Å². The Morgan fingerprint density at radius 2 is 1.89 bits per heavy atom. The number of hydrogen-bond donors (Lipinski definition) is 2. The molecule has 1 aromatic rings. The van der Waals surface area contributed by atoms with E-state index in [0.717, 1.165) is 25.7 Å². The number of ether oxygens (including phenoxy) is 2. The molecule has 0 aromatic heterocycles. The molecule has 5 rings (SSSR count). The van der Waals surface area contributed by atoms with Crippen molar-refractivity contribution in [3.05, 3.63) is 40.4 Å². The first kappa shape index (κ1) is 27.4. The van der Waals surface area contributed by atoms with E-state index in [1.807, 2.05) is 19.1 Å². The van der Waals surface area contributed by atoms with Gasteiger partial charge in [0.15, 0.2) is 0 Å². The normalized spacial score (nSPS) is 32.1. The number of nitrogens with zero attached hydrogens (tertiary/aromatic N) is 1. The summed E-state index contributed by atoms with van der Waals surface area (Å²) in [5, 5.41) is 6.78. The Morgan fingerprint density at radius 3 is 2.61 bits per heavy atom. The number of anilines is 1. The minimum absolute atomic E-state index is 0.0824. The van der Waals surface area contributed by atoms with Gasteiger partial charge in [0.25, 0.3) is 0 Å². The Kier molecular flexibility index (Phi) is 7.80. The maximum atomic E-state index is 14.0. The van der Waals surface area contributed by atoms with Gasteiger partial charge in [-0.1, -0.05) is 54.6 Å². The van der Waals surface area contributed by atoms with Crippen LogP contribution in [0.15, 0.2) is 30.4 Å². The van der Waals surface area contributed by atoms with Crippen LogP contribution in [0.5, 0.6) is 0 Å². The van der Waals surface area contributed by atoms with Crippen LogP contribution >= 0.6 is 23.2 Å². The summed E-state index contributed by atoms with van der Waals surface area (Å²) in [5.41, 5.74) is -1.77. The van der Waals surface area contributed by atoms with E-state index < -0.39 is 29.1 Å². The quantitative estimate of drug-likeness (QED) is 0.344. The van der Waals surface area contributed by atoms with Gasteiger partial charge in [0.05, 0.1) is 27.5 Å². The van der Waals surface area contributed by atoms with E-state index in [9.17, 15) is 14.4 Å². The topological polar surface area (TPSA) is 97.0 Å². The van der Waals surface area contributed by atoms with Crippen molar-refractivity contribution in [1.82, 2.24) is 10.2 Å². The van der Waals surface area contributed by atoms with Gasteiger partial charge < -0.3 is 25.0 Å². The highest BCUT2D eigenvalue weighted by Crippen LogP contribution is 2.59. The number of halogens is 2. The minimum atomic E-state index is -1.21. The first-order valence-corrected chi connectivity index (χ1v) is 14.3. The standard InChI is InChI=1S/C28H35Cl2N3O5/c1-3-37-15-7-14-33-23(25(35)31-17-8-5-4-6-9-17)28-13-12-27(2,38-28)21(22(28)26(33)36)24(34)32-18-10-11-19(29)20(30)16-18/h10-13,16-17,21-23H,3-9,14-15H2,1-2H3,(H,31,35)(H,32,34)/t21-,22-,23+,27-,28+/m1/s1. The molecule has 0 radical (unpaired) electrons. The zero-order chi connectivity index (χ0) is 27.1. The number of carbonyl (C=O) groups excluding carboxylic acids is 3. The fraction of sp³-hybridized carbons (Fsp3) is 0.607. The van der Waals surface area contributed by atoms with E-state index in [1.165, 1.54) is 6.42 Å². The lowest BCUT2D eigenvalue weighted by molar-refractivity contribution is -0.144. The van der Waals surface area contributed by atoms with Gasteiger partial charge >= 0.3 is 0 Å². The second-order valence-electron chi connectivity index (χ2n) is 10.9. The lowest BCUT2D eigenvalue weighted by atomic mass is 9.70. The number of hydrogen-bond acceptors (Lipinski definition) is 5. The molecule has 4 aliphatic rings. The number of fused-ring (bicyclic) bond motifs is 1. The van der Waals surface area contributed by atoms with Crippen LogP contribution < -0.4 is 10.6 Å². The second kappa shape index (κ2) is 10.8. The number of amides is 3. The van der Waals surface area contributed by atoms with Gasteiger partial charge in [-0.15, -0.1) is 0 Å². The Bertz CT molecular complexity index is 1140. The lowest BCUT2D eigenvalue weighted by Crippen LogP contribution is -2.56. The molecule has 1 saturated carbocycles. The molecule has 2 bridgehead atoms. The Balaban J connectivity index is 1.44. The SMILES string of the molecule is CCOCCCN1C(=O)[C@H]2[C@H](C(=O)Nc3ccc(Cl)c(Cl)c3)[C@@]3(C)C=C[C@@]2(O3)[C@@H]1C(=O)NC1CCCCC1. The monoisotopic (exact) mass is 563 g/mol. The molecule has 38 heavy (non-hydrogen) atoms. The van der Waals surface area contributed by atoms with Crippen LogP contribution in [0.25, 0.3) is 0 Å². The first-order valence-electron chi connectivity index (χ1n) is 13.6. The highest BCUT2D eigenvalue weighted by atomic mass is 35.5. The Labute approximate surface area is 233 Å². The van der Waals surface area contributed by atoms with Crippen LogP contribution in [0.3, 0.4) is 0 Å². The summed E-state index contributed by atoms with van der Waals surface area (Å²) < 4.78 is 12.1. The van der Waals surface area contributed by atoms with Crippen LogP contribution in [-0.2, 0) is 23.9 Å². The maximum Gasteiger partial charge on any atom is 0.246 e. The fourth-order valence-electron chi connectivity index (χ4n) is 6.67. The molecular weight excluding hydrogens is 529 g/mol. The van der Waals surface area contributed by atoms with E-state index in [2.05, 4.69) is 10.6 Å². The zero-order valence-corrected chi connectivity index (χ0v) is 23.3. The van der Waals surface area contributed by atoms with Gasteiger partial charge in [-0.2, -0.15) is 0 Å². The third-order valence-corrected chi connectivity index (χ3v) is 9.10. The molecule has 1 aliphatic carbocycles. The predicted molar refractivity (Wildman–Crippen MR) is 145 cm³/mol. The highest BCUT2D eigenvalue weighted by Gasteiger charge is 2.76. The Morgan fingerprint density at radius 1 is 1.13 bits per heavy atom. The first-order chi connectivity index (χ1) is 18.2. The molecular formula is C28H35Cl2N3O5. The fourth-order valence-corrected chi connectivity index (χ4v) is 6.97. The molecule has 1 aromatic carbocycles. The highest BCUT2D eigenvalue weighted by molar-refractivity contribution is 6.42. The largest absolute Gasteiger partial charge is 0.382 e. The van der Waals surface area contributed by atoms with Gasteiger partial charge in [-0.05, 0) is 51.3 Å². The van der Waals surface area contributed by atoms with Gasteiger partial charge in [-0.25, -0.2) is 0 Å². The number of likely N-dealkylation sites (tertiary alicyclic amines) is 1. The summed E-state index contributed by atoms with van der Waals surface area (Å²) >= 11 is 12.2. The molecule has 3 aliphatic heterocycles. The van der Waals surface area contributed by atoms with Crippen LogP contribution in [0.1, 0.15) is 52.4 Å². The lowest BCUT2D eigenvalue weighted by Gasteiger charge is -2.34.